The molecule has 2 rings (SSSR count). The summed E-state index contributed by atoms with van der Waals surface area (Å²) in [5.74, 6) is 0. The predicted molar refractivity (Wildman–Crippen MR) is 85.6 cm³/mol. The van der Waals surface area contributed by atoms with E-state index in [1.54, 1.807) is 24.3 Å². The van der Waals surface area contributed by atoms with Crippen LogP contribution in [0.25, 0.3) is 0 Å². The first-order chi connectivity index (χ1) is 10.4. The summed E-state index contributed by atoms with van der Waals surface area (Å²) in [5.41, 5.74) is 1.25. The fraction of sp³-hybridized carbons (Fsp3) is 0.143. The molecule has 2 aromatic rings. The van der Waals surface area contributed by atoms with Crippen LogP contribution in [0.2, 0.25) is 0 Å². The molecule has 6 nitrogen and oxygen atoms in total. The van der Waals surface area contributed by atoms with Crippen molar-refractivity contribution < 1.29 is 18.9 Å². The Bertz CT molecular complexity index is 702. The molecule has 0 aliphatic rings. The fourth-order valence-electron chi connectivity index (χ4n) is 1.76. The van der Waals surface area contributed by atoms with Crippen LogP contribution < -0.4 is 0 Å². The minimum atomic E-state index is -3.78. The highest BCUT2D eigenvalue weighted by Crippen LogP contribution is 2.46. The van der Waals surface area contributed by atoms with Gasteiger partial charge in [-0.05, 0) is 35.4 Å². The van der Waals surface area contributed by atoms with Crippen LogP contribution in [-0.4, -0.2) is 9.82 Å². The van der Waals surface area contributed by atoms with Gasteiger partial charge in [-0.2, -0.15) is 0 Å². The number of non-ortho nitro benzene ring substituents is 1. The molecular formula is C14H13BrNO5P. The lowest BCUT2D eigenvalue weighted by Gasteiger charge is -2.12. The van der Waals surface area contributed by atoms with E-state index in [9.17, 15) is 19.6 Å². The van der Waals surface area contributed by atoms with E-state index in [-0.39, 0.29) is 18.5 Å². The van der Waals surface area contributed by atoms with E-state index in [2.05, 4.69) is 15.9 Å². The van der Waals surface area contributed by atoms with Crippen LogP contribution in [0.4, 0.5) is 5.69 Å². The van der Waals surface area contributed by atoms with E-state index >= 15 is 0 Å². The summed E-state index contributed by atoms with van der Waals surface area (Å²) >= 11 is 3.29. The van der Waals surface area contributed by atoms with Crippen molar-refractivity contribution in [3.63, 3.8) is 0 Å². The van der Waals surface area contributed by atoms with Crippen LogP contribution in [0.3, 0.4) is 0 Å². The number of benzene rings is 2. The largest absolute Gasteiger partial charge is 0.332 e. The highest BCUT2D eigenvalue weighted by molar-refractivity contribution is 9.10. The van der Waals surface area contributed by atoms with E-state index in [0.29, 0.717) is 11.1 Å². The third-order valence-electron chi connectivity index (χ3n) is 2.88. The van der Waals surface area contributed by atoms with Gasteiger partial charge in [0.2, 0.25) is 0 Å². The molecule has 116 valence electrons. The summed E-state index contributed by atoms with van der Waals surface area (Å²) in [6.07, 6.45) is -0.0900. The van der Waals surface area contributed by atoms with E-state index in [1.165, 1.54) is 24.3 Å². The van der Waals surface area contributed by atoms with Gasteiger partial charge in [-0.1, -0.05) is 28.1 Å². The van der Waals surface area contributed by atoms with Crippen molar-refractivity contribution in [1.82, 2.24) is 0 Å². The summed E-state index contributed by atoms with van der Waals surface area (Å²) in [6.45, 7) is -0.0811. The standard InChI is InChI=1S/C14H13BrNO5P/c15-13-5-1-12(2-6-13)10-22(19,20)21-9-11-3-7-14(8-4-11)16(17)18/h1-8H,9-10H2,(H,19,20). The Morgan fingerprint density at radius 2 is 1.64 bits per heavy atom. The summed E-state index contributed by atoms with van der Waals surface area (Å²) < 4.78 is 18.0. The Balaban J connectivity index is 1.95. The zero-order valence-electron chi connectivity index (χ0n) is 11.4. The van der Waals surface area contributed by atoms with Crippen molar-refractivity contribution >= 4 is 29.2 Å². The predicted octanol–water partition coefficient (Wildman–Crippen LogP) is 4.26. The Labute approximate surface area is 135 Å². The van der Waals surface area contributed by atoms with Crippen LogP contribution in [0.15, 0.2) is 53.0 Å². The van der Waals surface area contributed by atoms with Gasteiger partial charge in [0.05, 0.1) is 17.7 Å². The molecule has 0 saturated carbocycles. The maximum atomic E-state index is 12.0. The molecular weight excluding hydrogens is 373 g/mol. The molecule has 1 N–H and O–H groups in total. The second kappa shape index (κ2) is 7.15. The van der Waals surface area contributed by atoms with Crippen LogP contribution in [0.5, 0.6) is 0 Å². The van der Waals surface area contributed by atoms with Gasteiger partial charge >= 0.3 is 7.60 Å². The lowest BCUT2D eigenvalue weighted by atomic mass is 10.2. The summed E-state index contributed by atoms with van der Waals surface area (Å²) in [4.78, 5) is 19.9. The van der Waals surface area contributed by atoms with E-state index in [4.69, 9.17) is 4.52 Å². The number of halogens is 1. The van der Waals surface area contributed by atoms with Crippen molar-refractivity contribution in [1.29, 1.82) is 0 Å². The summed E-state index contributed by atoms with van der Waals surface area (Å²) in [7, 11) is -3.78. The average molecular weight is 386 g/mol. The number of hydrogen-bond acceptors (Lipinski definition) is 4. The normalized spacial score (nSPS) is 13.5. The fourth-order valence-corrected chi connectivity index (χ4v) is 3.13. The van der Waals surface area contributed by atoms with Crippen molar-refractivity contribution in [3.05, 3.63) is 74.2 Å². The number of nitro benzene ring substituents is 1. The Morgan fingerprint density at radius 1 is 1.09 bits per heavy atom. The Hall–Kier alpha value is -1.53. The minimum Gasteiger partial charge on any atom is -0.324 e. The van der Waals surface area contributed by atoms with E-state index < -0.39 is 12.5 Å². The molecule has 0 saturated heterocycles. The highest BCUT2D eigenvalue weighted by atomic mass is 79.9. The Kier molecular flexibility index (Phi) is 5.47. The van der Waals surface area contributed by atoms with Crippen LogP contribution in [-0.2, 0) is 21.9 Å². The number of nitrogens with zero attached hydrogens (tertiary/aromatic N) is 1. The first-order valence-electron chi connectivity index (χ1n) is 6.30. The van der Waals surface area contributed by atoms with Gasteiger partial charge in [0.25, 0.3) is 5.69 Å². The number of rotatable bonds is 6. The lowest BCUT2D eigenvalue weighted by Crippen LogP contribution is -1.95. The van der Waals surface area contributed by atoms with Crippen molar-refractivity contribution in [2.24, 2.45) is 0 Å². The molecule has 0 amide bonds. The zero-order valence-corrected chi connectivity index (χ0v) is 13.9. The molecule has 0 aromatic heterocycles. The van der Waals surface area contributed by atoms with Crippen LogP contribution in [0.1, 0.15) is 11.1 Å². The third kappa shape index (κ3) is 5.03. The van der Waals surface area contributed by atoms with Gasteiger partial charge in [-0.25, -0.2) is 0 Å². The third-order valence-corrected chi connectivity index (χ3v) is 4.70. The van der Waals surface area contributed by atoms with Crippen molar-refractivity contribution in [2.75, 3.05) is 0 Å². The van der Waals surface area contributed by atoms with E-state index in [1.807, 2.05) is 0 Å². The Morgan fingerprint density at radius 3 is 2.18 bits per heavy atom. The highest BCUT2D eigenvalue weighted by Gasteiger charge is 2.20. The van der Waals surface area contributed by atoms with Crippen LogP contribution in [0, 0.1) is 10.1 Å². The maximum Gasteiger partial charge on any atom is 0.332 e. The van der Waals surface area contributed by atoms with Gasteiger partial charge in [-0.15, -0.1) is 0 Å². The monoisotopic (exact) mass is 385 g/mol. The molecule has 0 radical (unpaired) electrons. The van der Waals surface area contributed by atoms with E-state index in [0.717, 1.165) is 4.47 Å². The maximum absolute atomic E-state index is 12.0. The summed E-state index contributed by atoms with van der Waals surface area (Å²) in [6, 6.07) is 12.7. The molecule has 0 aliphatic heterocycles. The second-order valence-corrected chi connectivity index (χ2v) is 7.38. The lowest BCUT2D eigenvalue weighted by molar-refractivity contribution is -0.384. The number of nitro groups is 1. The van der Waals surface area contributed by atoms with Crippen molar-refractivity contribution in [3.8, 4) is 0 Å². The van der Waals surface area contributed by atoms with Gasteiger partial charge < -0.3 is 9.42 Å². The van der Waals surface area contributed by atoms with Gasteiger partial charge in [0, 0.05) is 16.6 Å². The first kappa shape index (κ1) is 16.8. The molecule has 0 heterocycles. The quantitative estimate of drug-likeness (QED) is 0.455. The first-order valence-corrected chi connectivity index (χ1v) is 8.85. The molecule has 2 aromatic carbocycles. The molecule has 1 unspecified atom stereocenters. The van der Waals surface area contributed by atoms with Crippen LogP contribution >= 0.6 is 23.5 Å². The smallest absolute Gasteiger partial charge is 0.324 e. The number of hydrogen-bond donors (Lipinski definition) is 1. The zero-order chi connectivity index (χ0) is 16.2. The van der Waals surface area contributed by atoms with Gasteiger partial charge in [-0.3, -0.25) is 14.7 Å². The summed E-state index contributed by atoms with van der Waals surface area (Å²) in [5, 5.41) is 10.5. The molecule has 0 bridgehead atoms. The molecule has 0 spiro atoms. The van der Waals surface area contributed by atoms with Crippen molar-refractivity contribution in [2.45, 2.75) is 12.8 Å². The minimum absolute atomic E-state index is 0.0363. The SMILES string of the molecule is O=[N+]([O-])c1ccc(COP(=O)(O)Cc2ccc(Br)cc2)cc1. The molecule has 1 atom stereocenters. The topological polar surface area (TPSA) is 89.7 Å². The molecule has 0 aliphatic carbocycles. The molecule has 22 heavy (non-hydrogen) atoms. The second-order valence-electron chi connectivity index (χ2n) is 4.62. The van der Waals surface area contributed by atoms with Gasteiger partial charge in [0.1, 0.15) is 0 Å². The molecule has 8 heteroatoms. The molecule has 0 fully saturated rings. The van der Waals surface area contributed by atoms with Gasteiger partial charge in [0.15, 0.2) is 0 Å². The average Bonchev–Trinajstić information content (AvgIpc) is 2.48.